The number of fused-ring (bicyclic) bond motifs is 1. The number of amides is 1. The molecule has 1 amide bonds. The predicted molar refractivity (Wildman–Crippen MR) is 94.1 cm³/mol. The Morgan fingerprint density at radius 3 is 2.62 bits per heavy atom. The van der Waals surface area contributed by atoms with Crippen LogP contribution in [0, 0.1) is 0 Å². The number of hydrogen-bond acceptors (Lipinski definition) is 3. The van der Waals surface area contributed by atoms with Crippen molar-refractivity contribution >= 4 is 5.91 Å². The number of carbonyl (C=O) groups is 1. The van der Waals surface area contributed by atoms with Crippen molar-refractivity contribution in [2.45, 2.75) is 77.3 Å². The van der Waals surface area contributed by atoms with E-state index in [0.29, 0.717) is 31.7 Å². The fraction of sp³-hybridized carbons (Fsp3) is 0.650. The van der Waals surface area contributed by atoms with Crippen LogP contribution in [0.4, 0.5) is 0 Å². The second-order valence-electron chi connectivity index (χ2n) is 6.96. The summed E-state index contributed by atoms with van der Waals surface area (Å²) in [6.45, 7) is 3.21. The van der Waals surface area contributed by atoms with Crippen molar-refractivity contribution in [3.63, 3.8) is 0 Å². The molecule has 4 heteroatoms. The molecule has 0 aromatic heterocycles. The van der Waals surface area contributed by atoms with Crippen LogP contribution in [-0.4, -0.2) is 23.6 Å². The van der Waals surface area contributed by atoms with Crippen LogP contribution in [0.3, 0.4) is 0 Å². The fourth-order valence-corrected chi connectivity index (χ4v) is 3.24. The summed E-state index contributed by atoms with van der Waals surface area (Å²) in [4.78, 5) is 14.7. The Kier molecular flexibility index (Phi) is 6.00. The molecule has 3 rings (SSSR count). The van der Waals surface area contributed by atoms with Crippen LogP contribution in [-0.2, 0) is 11.3 Å². The van der Waals surface area contributed by atoms with Crippen molar-refractivity contribution in [1.82, 2.24) is 4.90 Å². The lowest BCUT2D eigenvalue weighted by molar-refractivity contribution is -0.132. The maximum atomic E-state index is 12.6. The van der Waals surface area contributed by atoms with E-state index in [0.717, 1.165) is 36.3 Å². The predicted octanol–water partition coefficient (Wildman–Crippen LogP) is 4.66. The van der Waals surface area contributed by atoms with Gasteiger partial charge < -0.3 is 14.4 Å². The molecule has 1 heterocycles. The summed E-state index contributed by atoms with van der Waals surface area (Å²) < 4.78 is 10.8. The monoisotopic (exact) mass is 331 g/mol. The van der Waals surface area contributed by atoms with Gasteiger partial charge in [0.05, 0.1) is 0 Å². The molecule has 0 bridgehead atoms. The molecular formula is C20H29NO3. The molecule has 24 heavy (non-hydrogen) atoms. The maximum Gasteiger partial charge on any atom is 0.231 e. The Morgan fingerprint density at radius 2 is 1.83 bits per heavy atom. The minimum absolute atomic E-state index is 0.294. The number of hydrogen-bond donors (Lipinski definition) is 0. The average Bonchev–Trinajstić information content (AvgIpc) is 3.32. The SMILES string of the molecule is CCCCCCCCC(=O)N(Cc1ccc2c(c1)OCO2)C1CC1. The molecule has 1 saturated carbocycles. The molecule has 132 valence electrons. The molecule has 0 unspecified atom stereocenters. The van der Waals surface area contributed by atoms with E-state index in [4.69, 9.17) is 9.47 Å². The van der Waals surface area contributed by atoms with Gasteiger partial charge in [-0.2, -0.15) is 0 Å². The second-order valence-corrected chi connectivity index (χ2v) is 6.96. The van der Waals surface area contributed by atoms with E-state index in [-0.39, 0.29) is 0 Å². The van der Waals surface area contributed by atoms with E-state index in [9.17, 15) is 4.79 Å². The Labute approximate surface area is 145 Å². The van der Waals surface area contributed by atoms with Crippen molar-refractivity contribution < 1.29 is 14.3 Å². The number of carbonyl (C=O) groups excluding carboxylic acids is 1. The van der Waals surface area contributed by atoms with Gasteiger partial charge in [0.15, 0.2) is 11.5 Å². The molecule has 0 atom stereocenters. The van der Waals surface area contributed by atoms with E-state index < -0.39 is 0 Å². The molecule has 0 radical (unpaired) electrons. The summed E-state index contributed by atoms with van der Waals surface area (Å²) in [5.41, 5.74) is 1.13. The van der Waals surface area contributed by atoms with Crippen LogP contribution in [0.2, 0.25) is 0 Å². The largest absolute Gasteiger partial charge is 0.454 e. The zero-order valence-corrected chi connectivity index (χ0v) is 14.8. The second kappa shape index (κ2) is 8.41. The first-order valence-corrected chi connectivity index (χ1v) is 9.46. The third-order valence-corrected chi connectivity index (χ3v) is 4.84. The van der Waals surface area contributed by atoms with Gasteiger partial charge in [-0.3, -0.25) is 4.79 Å². The zero-order chi connectivity index (χ0) is 16.8. The molecule has 4 nitrogen and oxygen atoms in total. The molecule has 0 saturated heterocycles. The highest BCUT2D eigenvalue weighted by Crippen LogP contribution is 2.34. The molecule has 1 aromatic rings. The summed E-state index contributed by atoms with van der Waals surface area (Å²) in [5, 5.41) is 0. The van der Waals surface area contributed by atoms with Gasteiger partial charge in [-0.05, 0) is 37.0 Å². The first-order valence-electron chi connectivity index (χ1n) is 9.46. The first kappa shape index (κ1) is 17.1. The Balaban J connectivity index is 1.48. The summed E-state index contributed by atoms with van der Waals surface area (Å²) in [6.07, 6.45) is 10.3. The van der Waals surface area contributed by atoms with Gasteiger partial charge in [-0.25, -0.2) is 0 Å². The highest BCUT2D eigenvalue weighted by Gasteiger charge is 2.32. The lowest BCUT2D eigenvalue weighted by Crippen LogP contribution is -2.32. The van der Waals surface area contributed by atoms with Gasteiger partial charge in [-0.1, -0.05) is 45.1 Å². The fourth-order valence-electron chi connectivity index (χ4n) is 3.24. The third kappa shape index (κ3) is 4.65. The standard InChI is InChI=1S/C20H29NO3/c1-2-3-4-5-6-7-8-20(22)21(17-10-11-17)14-16-9-12-18-19(13-16)24-15-23-18/h9,12-13,17H,2-8,10-11,14-15H2,1H3. The molecule has 0 N–H and O–H groups in total. The van der Waals surface area contributed by atoms with Gasteiger partial charge >= 0.3 is 0 Å². The first-order chi connectivity index (χ1) is 11.8. The summed E-state index contributed by atoms with van der Waals surface area (Å²) in [6, 6.07) is 6.44. The highest BCUT2D eigenvalue weighted by molar-refractivity contribution is 5.76. The van der Waals surface area contributed by atoms with Crippen molar-refractivity contribution in [3.05, 3.63) is 23.8 Å². The number of nitrogens with zero attached hydrogens (tertiary/aromatic N) is 1. The Hall–Kier alpha value is -1.71. The Bertz CT molecular complexity index is 554. The smallest absolute Gasteiger partial charge is 0.231 e. The van der Waals surface area contributed by atoms with Crippen LogP contribution in [0.1, 0.15) is 70.3 Å². The summed E-state index contributed by atoms with van der Waals surface area (Å²) in [5.74, 6) is 1.91. The minimum atomic E-state index is 0.294. The van der Waals surface area contributed by atoms with Gasteiger partial charge in [0.1, 0.15) is 0 Å². The minimum Gasteiger partial charge on any atom is -0.454 e. The summed E-state index contributed by atoms with van der Waals surface area (Å²) >= 11 is 0. The van der Waals surface area contributed by atoms with Crippen LogP contribution in [0.5, 0.6) is 11.5 Å². The maximum absolute atomic E-state index is 12.6. The van der Waals surface area contributed by atoms with E-state index >= 15 is 0 Å². The third-order valence-electron chi connectivity index (χ3n) is 4.84. The topological polar surface area (TPSA) is 38.8 Å². The molecule has 1 fully saturated rings. The van der Waals surface area contributed by atoms with Gasteiger partial charge in [-0.15, -0.1) is 0 Å². The van der Waals surface area contributed by atoms with Crippen molar-refractivity contribution in [3.8, 4) is 11.5 Å². The van der Waals surface area contributed by atoms with E-state index in [2.05, 4.69) is 11.8 Å². The van der Waals surface area contributed by atoms with Crippen LogP contribution < -0.4 is 9.47 Å². The highest BCUT2D eigenvalue weighted by atomic mass is 16.7. The number of rotatable bonds is 10. The number of unbranched alkanes of at least 4 members (excludes halogenated alkanes) is 5. The number of ether oxygens (including phenoxy) is 2. The lowest BCUT2D eigenvalue weighted by atomic mass is 10.1. The van der Waals surface area contributed by atoms with Crippen molar-refractivity contribution in [2.24, 2.45) is 0 Å². The van der Waals surface area contributed by atoms with Crippen molar-refractivity contribution in [2.75, 3.05) is 6.79 Å². The zero-order valence-electron chi connectivity index (χ0n) is 14.8. The molecule has 1 aliphatic carbocycles. The molecular weight excluding hydrogens is 302 g/mol. The molecule has 0 spiro atoms. The summed E-state index contributed by atoms with van der Waals surface area (Å²) in [7, 11) is 0. The van der Waals surface area contributed by atoms with Crippen LogP contribution in [0.15, 0.2) is 18.2 Å². The van der Waals surface area contributed by atoms with Gasteiger partial charge in [0.25, 0.3) is 0 Å². The van der Waals surface area contributed by atoms with Crippen LogP contribution in [0.25, 0.3) is 0 Å². The normalized spacial score (nSPS) is 15.5. The van der Waals surface area contributed by atoms with Crippen LogP contribution >= 0.6 is 0 Å². The van der Waals surface area contributed by atoms with E-state index in [1.54, 1.807) is 0 Å². The molecule has 2 aliphatic rings. The van der Waals surface area contributed by atoms with Gasteiger partial charge in [0.2, 0.25) is 12.7 Å². The molecule has 1 aliphatic heterocycles. The lowest BCUT2D eigenvalue weighted by Gasteiger charge is -2.23. The number of benzene rings is 1. The van der Waals surface area contributed by atoms with E-state index in [1.807, 2.05) is 18.2 Å². The van der Waals surface area contributed by atoms with E-state index in [1.165, 1.54) is 32.1 Å². The molecule has 1 aromatic carbocycles. The average molecular weight is 331 g/mol. The quantitative estimate of drug-likeness (QED) is 0.585. The Morgan fingerprint density at radius 1 is 1.08 bits per heavy atom. The van der Waals surface area contributed by atoms with Gasteiger partial charge in [0, 0.05) is 19.0 Å². The van der Waals surface area contributed by atoms with Crippen molar-refractivity contribution in [1.29, 1.82) is 0 Å².